The summed E-state index contributed by atoms with van der Waals surface area (Å²) in [5.74, 6) is 2.93. The largest absolute Gasteiger partial charge is 0.315 e. The number of hydrogen-bond acceptors (Lipinski definition) is 4. The van der Waals surface area contributed by atoms with Crippen LogP contribution in [0.5, 0.6) is 0 Å². The van der Waals surface area contributed by atoms with Crippen molar-refractivity contribution >= 4 is 11.6 Å². The van der Waals surface area contributed by atoms with E-state index in [9.17, 15) is 4.79 Å². The van der Waals surface area contributed by atoms with Gasteiger partial charge in [-0.2, -0.15) is 0 Å². The van der Waals surface area contributed by atoms with Gasteiger partial charge in [0, 0.05) is 37.2 Å². The fourth-order valence-electron chi connectivity index (χ4n) is 5.43. The summed E-state index contributed by atoms with van der Waals surface area (Å²) in [6.07, 6.45) is 7.99. The second-order valence-electron chi connectivity index (χ2n) is 8.96. The number of benzene rings is 1. The molecule has 3 aliphatic heterocycles. The van der Waals surface area contributed by atoms with Crippen molar-refractivity contribution in [1.82, 2.24) is 19.7 Å². The van der Waals surface area contributed by atoms with Gasteiger partial charge in [-0.1, -0.05) is 24.6 Å². The Balaban J connectivity index is 1.28. The normalized spacial score (nSPS) is 24.8. The van der Waals surface area contributed by atoms with Gasteiger partial charge in [0.15, 0.2) is 0 Å². The number of hydrogen-bond donors (Lipinski definition) is 0. The lowest BCUT2D eigenvalue weighted by atomic mass is 9.97. The van der Waals surface area contributed by atoms with E-state index < -0.39 is 0 Å². The molecule has 1 aromatic heterocycles. The van der Waals surface area contributed by atoms with Crippen molar-refractivity contribution in [3.05, 3.63) is 41.5 Å². The minimum absolute atomic E-state index is 0.225. The fourth-order valence-corrected chi connectivity index (χ4v) is 5.43. The highest BCUT2D eigenvalue weighted by atomic mass is 16.2. The molecule has 0 saturated carbocycles. The zero-order chi connectivity index (χ0) is 19.8. The number of aromatic nitrogens is 3. The number of para-hydroxylation sites is 1. The Morgan fingerprint density at radius 2 is 2.00 bits per heavy atom. The zero-order valence-electron chi connectivity index (χ0n) is 17.4. The van der Waals surface area contributed by atoms with Crippen LogP contribution in [-0.4, -0.2) is 51.2 Å². The summed E-state index contributed by atoms with van der Waals surface area (Å²) < 4.78 is 2.38. The van der Waals surface area contributed by atoms with Crippen LogP contribution >= 0.6 is 0 Å². The highest BCUT2D eigenvalue weighted by Crippen LogP contribution is 2.33. The van der Waals surface area contributed by atoms with E-state index in [1.165, 1.54) is 24.8 Å². The van der Waals surface area contributed by atoms with Gasteiger partial charge in [-0.3, -0.25) is 9.69 Å². The van der Waals surface area contributed by atoms with Crippen LogP contribution in [0.15, 0.2) is 24.3 Å². The molecular weight excluding hydrogens is 362 g/mol. The summed E-state index contributed by atoms with van der Waals surface area (Å²) >= 11 is 0. The third-order valence-corrected chi connectivity index (χ3v) is 6.84. The first kappa shape index (κ1) is 18.8. The Morgan fingerprint density at radius 3 is 2.93 bits per heavy atom. The highest BCUT2D eigenvalue weighted by Gasteiger charge is 2.33. The van der Waals surface area contributed by atoms with E-state index in [-0.39, 0.29) is 11.9 Å². The van der Waals surface area contributed by atoms with Crippen LogP contribution in [0.3, 0.4) is 0 Å². The smallest absolute Gasteiger partial charge is 0.241 e. The summed E-state index contributed by atoms with van der Waals surface area (Å²) in [5, 5.41) is 9.08. The Morgan fingerprint density at radius 1 is 1.10 bits per heavy atom. The Kier molecular flexibility index (Phi) is 5.12. The highest BCUT2D eigenvalue weighted by molar-refractivity contribution is 5.97. The number of likely N-dealkylation sites (tertiary alicyclic amines) is 1. The molecule has 1 aromatic carbocycles. The second-order valence-corrected chi connectivity index (χ2v) is 8.96. The molecule has 0 bridgehead atoms. The molecule has 1 amide bonds. The number of anilines is 1. The van der Waals surface area contributed by atoms with Gasteiger partial charge in [-0.15, -0.1) is 10.2 Å². The first-order valence-electron chi connectivity index (χ1n) is 11.2. The van der Waals surface area contributed by atoms with Crippen molar-refractivity contribution in [2.45, 2.75) is 70.4 Å². The molecule has 4 heterocycles. The molecule has 1 fully saturated rings. The number of nitrogens with zero attached hydrogens (tertiary/aromatic N) is 5. The van der Waals surface area contributed by atoms with Crippen molar-refractivity contribution in [3.8, 4) is 0 Å². The van der Waals surface area contributed by atoms with Crippen molar-refractivity contribution in [1.29, 1.82) is 0 Å². The van der Waals surface area contributed by atoms with E-state index in [1.54, 1.807) is 0 Å². The molecule has 2 atom stereocenters. The van der Waals surface area contributed by atoms with Gasteiger partial charge in [0.1, 0.15) is 11.6 Å². The third kappa shape index (κ3) is 3.59. The lowest BCUT2D eigenvalue weighted by Crippen LogP contribution is -2.46. The van der Waals surface area contributed by atoms with Crippen LogP contribution in [0.2, 0.25) is 0 Å². The number of carbonyl (C=O) groups is 1. The lowest BCUT2D eigenvalue weighted by molar-refractivity contribution is -0.120. The predicted molar refractivity (Wildman–Crippen MR) is 113 cm³/mol. The van der Waals surface area contributed by atoms with Crippen molar-refractivity contribution in [3.63, 3.8) is 0 Å². The van der Waals surface area contributed by atoms with Crippen LogP contribution in [0.4, 0.5) is 5.69 Å². The van der Waals surface area contributed by atoms with Gasteiger partial charge >= 0.3 is 0 Å². The molecule has 154 valence electrons. The molecule has 1 saturated heterocycles. The van der Waals surface area contributed by atoms with E-state index in [4.69, 9.17) is 0 Å². The van der Waals surface area contributed by atoms with E-state index in [0.717, 1.165) is 62.7 Å². The van der Waals surface area contributed by atoms with Crippen LogP contribution in [0.1, 0.15) is 62.2 Å². The molecule has 3 aliphatic rings. The first-order valence-corrected chi connectivity index (χ1v) is 11.2. The average molecular weight is 394 g/mol. The maximum Gasteiger partial charge on any atom is 0.241 e. The molecule has 0 spiro atoms. The monoisotopic (exact) mass is 393 g/mol. The van der Waals surface area contributed by atoms with E-state index >= 15 is 0 Å². The minimum Gasteiger partial charge on any atom is -0.315 e. The topological polar surface area (TPSA) is 54.3 Å². The molecule has 5 rings (SSSR count). The summed E-state index contributed by atoms with van der Waals surface area (Å²) in [7, 11) is 0. The van der Waals surface area contributed by atoms with Gasteiger partial charge < -0.3 is 9.47 Å². The summed E-state index contributed by atoms with van der Waals surface area (Å²) in [6, 6.07) is 8.57. The predicted octanol–water partition coefficient (Wildman–Crippen LogP) is 3.16. The fraction of sp³-hybridized carbons (Fsp3) is 0.609. The van der Waals surface area contributed by atoms with Crippen molar-refractivity contribution in [2.75, 3.05) is 24.5 Å². The van der Waals surface area contributed by atoms with Gasteiger partial charge in [-0.05, 0) is 57.2 Å². The van der Waals surface area contributed by atoms with Crippen molar-refractivity contribution in [2.24, 2.45) is 0 Å². The molecule has 0 unspecified atom stereocenters. The SMILES string of the molecule is C[C@@H]1Cc2ccccc2N1C(=O)CN1CCC[C@@H](c2nnc3n2CCCCC3)C1. The second kappa shape index (κ2) is 7.90. The molecule has 6 nitrogen and oxygen atoms in total. The summed E-state index contributed by atoms with van der Waals surface area (Å²) in [6.45, 7) is 5.61. The Labute approximate surface area is 172 Å². The van der Waals surface area contributed by atoms with E-state index in [1.807, 2.05) is 11.0 Å². The molecule has 0 N–H and O–H groups in total. The number of rotatable bonds is 3. The van der Waals surface area contributed by atoms with Crippen molar-refractivity contribution < 1.29 is 4.79 Å². The molecule has 29 heavy (non-hydrogen) atoms. The van der Waals surface area contributed by atoms with Crippen LogP contribution in [-0.2, 0) is 24.2 Å². The lowest BCUT2D eigenvalue weighted by Gasteiger charge is -2.33. The average Bonchev–Trinajstić information content (AvgIpc) is 3.19. The maximum atomic E-state index is 13.2. The molecule has 6 heteroatoms. The van der Waals surface area contributed by atoms with Crippen LogP contribution in [0, 0.1) is 0 Å². The zero-order valence-corrected chi connectivity index (χ0v) is 17.4. The molecular formula is C23H31N5O. The quantitative estimate of drug-likeness (QED) is 0.804. The number of piperidine rings is 1. The maximum absolute atomic E-state index is 13.2. The van der Waals surface area contributed by atoms with Crippen LogP contribution < -0.4 is 4.90 Å². The van der Waals surface area contributed by atoms with E-state index in [0.29, 0.717) is 12.5 Å². The number of aryl methyl sites for hydroxylation is 1. The molecule has 0 aliphatic carbocycles. The van der Waals surface area contributed by atoms with Gasteiger partial charge in [-0.25, -0.2) is 0 Å². The van der Waals surface area contributed by atoms with Gasteiger partial charge in [0.25, 0.3) is 0 Å². The van der Waals surface area contributed by atoms with Gasteiger partial charge in [0.2, 0.25) is 5.91 Å². The van der Waals surface area contributed by atoms with Crippen LogP contribution in [0.25, 0.3) is 0 Å². The standard InChI is InChI=1S/C23H31N5O/c1-17-14-18-8-4-5-10-20(18)28(17)22(29)16-26-12-7-9-19(15-26)23-25-24-21-11-3-2-6-13-27(21)23/h4-5,8,10,17,19H,2-3,6-7,9,11-16H2,1H3/t17-,19-/m1/s1. The Hall–Kier alpha value is -2.21. The number of carbonyl (C=O) groups excluding carboxylic acids is 1. The molecule has 2 aromatic rings. The summed E-state index contributed by atoms with van der Waals surface area (Å²) in [4.78, 5) is 17.6. The minimum atomic E-state index is 0.225. The number of fused-ring (bicyclic) bond motifs is 2. The first-order chi connectivity index (χ1) is 14.2. The summed E-state index contributed by atoms with van der Waals surface area (Å²) in [5.41, 5.74) is 2.39. The van der Waals surface area contributed by atoms with E-state index in [2.05, 4.69) is 44.8 Å². The Bertz CT molecular complexity index is 891. The van der Waals surface area contributed by atoms with Gasteiger partial charge in [0.05, 0.1) is 6.54 Å². The molecule has 0 radical (unpaired) electrons. The third-order valence-electron chi connectivity index (χ3n) is 6.84. The number of amides is 1.